The highest BCUT2D eigenvalue weighted by atomic mass is 35.5. The van der Waals surface area contributed by atoms with E-state index >= 15 is 0 Å². The van der Waals surface area contributed by atoms with E-state index in [1.54, 1.807) is 30.3 Å². The lowest BCUT2D eigenvalue weighted by Gasteiger charge is -2.34. The van der Waals surface area contributed by atoms with Crippen LogP contribution in [-0.2, 0) is 32.6 Å². The third kappa shape index (κ3) is 7.69. The van der Waals surface area contributed by atoms with Crippen LogP contribution in [0, 0.1) is 0 Å². The Morgan fingerprint density at radius 2 is 1.52 bits per heavy atom. The Labute approximate surface area is 253 Å². The number of anilines is 1. The van der Waals surface area contributed by atoms with Crippen LogP contribution in [-0.4, -0.2) is 50.0 Å². The number of hydrogen-bond acceptors (Lipinski definition) is 4. The van der Waals surface area contributed by atoms with E-state index in [1.165, 1.54) is 4.90 Å². The summed E-state index contributed by atoms with van der Waals surface area (Å²) in [6.45, 7) is 3.41. The van der Waals surface area contributed by atoms with Crippen LogP contribution in [0.25, 0.3) is 10.8 Å². The molecule has 2 amide bonds. The molecule has 7 nitrogen and oxygen atoms in total. The van der Waals surface area contributed by atoms with Crippen LogP contribution in [0.5, 0.6) is 0 Å². The topological polar surface area (TPSA) is 86.8 Å². The third-order valence-corrected chi connectivity index (χ3v) is 8.78. The van der Waals surface area contributed by atoms with Gasteiger partial charge in [-0.25, -0.2) is 8.42 Å². The Morgan fingerprint density at radius 1 is 0.881 bits per heavy atom. The Balaban J connectivity index is 1.79. The van der Waals surface area contributed by atoms with Crippen molar-refractivity contribution in [2.75, 3.05) is 17.1 Å². The SMILES string of the molecule is CC[C@@H](C)NC(=O)[C@@H](Cc1ccccc1)N(Cc1ccccc1Cl)C(=O)CN(c1cccc2ccccc12)S(C)(=O)=O. The molecule has 0 fully saturated rings. The predicted octanol–water partition coefficient (Wildman–Crippen LogP) is 5.81. The Kier molecular flexibility index (Phi) is 10.2. The van der Waals surface area contributed by atoms with Crippen molar-refractivity contribution in [2.45, 2.75) is 45.3 Å². The molecule has 0 unspecified atom stereocenters. The molecule has 9 heteroatoms. The van der Waals surface area contributed by atoms with Crippen LogP contribution in [0.3, 0.4) is 0 Å². The van der Waals surface area contributed by atoms with Crippen molar-refractivity contribution in [1.29, 1.82) is 0 Å². The van der Waals surface area contributed by atoms with Crippen LogP contribution in [0.4, 0.5) is 5.69 Å². The minimum Gasteiger partial charge on any atom is -0.352 e. The number of fused-ring (bicyclic) bond motifs is 1. The lowest BCUT2D eigenvalue weighted by molar-refractivity contribution is -0.140. The minimum absolute atomic E-state index is 0.0249. The Hall–Kier alpha value is -3.88. The summed E-state index contributed by atoms with van der Waals surface area (Å²) >= 11 is 6.52. The molecule has 4 aromatic carbocycles. The van der Waals surface area contributed by atoms with Gasteiger partial charge in [0, 0.05) is 29.4 Å². The molecule has 220 valence electrons. The van der Waals surface area contributed by atoms with Crippen molar-refractivity contribution in [3.05, 3.63) is 113 Å². The number of amides is 2. The normalized spacial score (nSPS) is 12.9. The fourth-order valence-corrected chi connectivity index (χ4v) is 5.88. The maximum Gasteiger partial charge on any atom is 0.244 e. The first kappa shape index (κ1) is 31.1. The average Bonchev–Trinajstić information content (AvgIpc) is 2.98. The zero-order valence-electron chi connectivity index (χ0n) is 24.0. The molecular formula is C33H36ClN3O4S. The van der Waals surface area contributed by atoms with Gasteiger partial charge in [0.05, 0.1) is 11.9 Å². The molecule has 0 radical (unpaired) electrons. The van der Waals surface area contributed by atoms with Gasteiger partial charge in [0.15, 0.2) is 0 Å². The second-order valence-electron chi connectivity index (χ2n) is 10.4. The second-order valence-corrected chi connectivity index (χ2v) is 12.7. The number of sulfonamides is 1. The van der Waals surface area contributed by atoms with Gasteiger partial charge >= 0.3 is 0 Å². The zero-order valence-corrected chi connectivity index (χ0v) is 25.6. The summed E-state index contributed by atoms with van der Waals surface area (Å²) in [5.41, 5.74) is 1.91. The summed E-state index contributed by atoms with van der Waals surface area (Å²) in [4.78, 5) is 29.6. The zero-order chi connectivity index (χ0) is 30.3. The third-order valence-electron chi connectivity index (χ3n) is 7.29. The van der Waals surface area contributed by atoms with Crippen molar-refractivity contribution in [3.8, 4) is 0 Å². The fraction of sp³-hybridized carbons (Fsp3) is 0.273. The molecule has 42 heavy (non-hydrogen) atoms. The van der Waals surface area contributed by atoms with Crippen molar-refractivity contribution in [3.63, 3.8) is 0 Å². The maximum absolute atomic E-state index is 14.3. The smallest absolute Gasteiger partial charge is 0.244 e. The summed E-state index contributed by atoms with van der Waals surface area (Å²) in [5, 5.41) is 5.02. The number of hydrogen-bond donors (Lipinski definition) is 1. The molecular weight excluding hydrogens is 570 g/mol. The lowest BCUT2D eigenvalue weighted by Crippen LogP contribution is -2.54. The lowest BCUT2D eigenvalue weighted by atomic mass is 10.0. The Morgan fingerprint density at radius 3 is 2.21 bits per heavy atom. The molecule has 0 heterocycles. The van der Waals surface area contributed by atoms with E-state index < -0.39 is 28.5 Å². The molecule has 0 aliphatic carbocycles. The van der Waals surface area contributed by atoms with E-state index in [2.05, 4.69) is 5.32 Å². The number of benzene rings is 4. The molecule has 2 atom stereocenters. The molecule has 0 spiro atoms. The number of carbonyl (C=O) groups is 2. The molecule has 0 saturated heterocycles. The largest absolute Gasteiger partial charge is 0.352 e. The Bertz CT molecular complexity index is 1640. The summed E-state index contributed by atoms with van der Waals surface area (Å²) in [7, 11) is -3.89. The van der Waals surface area contributed by atoms with Gasteiger partial charge < -0.3 is 10.2 Å². The van der Waals surface area contributed by atoms with E-state index in [-0.39, 0.29) is 24.9 Å². The summed E-state index contributed by atoms with van der Waals surface area (Å²) < 4.78 is 27.5. The second kappa shape index (κ2) is 13.9. The van der Waals surface area contributed by atoms with Gasteiger partial charge in [-0.15, -0.1) is 0 Å². The summed E-state index contributed by atoms with van der Waals surface area (Å²) in [5.74, 6) is -0.835. The molecule has 0 aliphatic rings. The van der Waals surface area contributed by atoms with E-state index in [0.29, 0.717) is 28.1 Å². The molecule has 4 aromatic rings. The highest BCUT2D eigenvalue weighted by molar-refractivity contribution is 7.92. The molecule has 0 aromatic heterocycles. The van der Waals surface area contributed by atoms with Crippen molar-refractivity contribution in [2.24, 2.45) is 0 Å². The monoisotopic (exact) mass is 605 g/mol. The number of nitrogens with one attached hydrogen (secondary N) is 1. The number of rotatable bonds is 12. The molecule has 0 saturated carbocycles. The van der Waals surface area contributed by atoms with Crippen LogP contribution >= 0.6 is 11.6 Å². The summed E-state index contributed by atoms with van der Waals surface area (Å²) in [6.07, 6.45) is 2.04. The van der Waals surface area contributed by atoms with E-state index in [1.807, 2.05) is 80.6 Å². The number of carbonyl (C=O) groups excluding carboxylic acids is 2. The van der Waals surface area contributed by atoms with Gasteiger partial charge in [0.25, 0.3) is 0 Å². The molecule has 1 N–H and O–H groups in total. The van der Waals surface area contributed by atoms with Crippen molar-refractivity contribution < 1.29 is 18.0 Å². The standard InChI is InChI=1S/C33H36ClN3O4S/c1-4-24(2)35-33(39)31(21-25-13-6-5-7-14-25)36(22-27-16-9-11-19-29(27)34)32(38)23-37(42(3,40)41)30-20-12-17-26-15-8-10-18-28(26)30/h5-20,24,31H,4,21-23H2,1-3H3,(H,35,39)/t24-,31-/m1/s1. The molecule has 0 bridgehead atoms. The highest BCUT2D eigenvalue weighted by Gasteiger charge is 2.34. The van der Waals surface area contributed by atoms with Crippen LogP contribution in [0.1, 0.15) is 31.4 Å². The van der Waals surface area contributed by atoms with Gasteiger partial charge in [0.2, 0.25) is 21.8 Å². The predicted molar refractivity (Wildman–Crippen MR) is 170 cm³/mol. The first-order chi connectivity index (χ1) is 20.1. The van der Waals surface area contributed by atoms with Crippen LogP contribution < -0.4 is 9.62 Å². The van der Waals surface area contributed by atoms with Gasteiger partial charge in [-0.1, -0.05) is 103 Å². The van der Waals surface area contributed by atoms with Gasteiger partial charge in [0.1, 0.15) is 12.6 Å². The summed E-state index contributed by atoms with van der Waals surface area (Å²) in [6, 6.07) is 28.3. The fourth-order valence-electron chi connectivity index (χ4n) is 4.83. The molecule has 0 aliphatic heterocycles. The molecule has 4 rings (SSSR count). The van der Waals surface area contributed by atoms with Gasteiger partial charge in [-0.05, 0) is 42.0 Å². The number of nitrogens with zero attached hydrogens (tertiary/aromatic N) is 2. The first-order valence-corrected chi connectivity index (χ1v) is 16.1. The van der Waals surface area contributed by atoms with Crippen molar-refractivity contribution >= 4 is 49.9 Å². The quantitative estimate of drug-likeness (QED) is 0.221. The highest BCUT2D eigenvalue weighted by Crippen LogP contribution is 2.29. The van der Waals surface area contributed by atoms with E-state index in [9.17, 15) is 18.0 Å². The van der Waals surface area contributed by atoms with Gasteiger partial charge in [-0.3, -0.25) is 13.9 Å². The van der Waals surface area contributed by atoms with E-state index in [0.717, 1.165) is 21.5 Å². The van der Waals surface area contributed by atoms with Gasteiger partial charge in [-0.2, -0.15) is 0 Å². The average molecular weight is 606 g/mol. The maximum atomic E-state index is 14.3. The van der Waals surface area contributed by atoms with Crippen LogP contribution in [0.15, 0.2) is 97.1 Å². The van der Waals surface area contributed by atoms with E-state index in [4.69, 9.17) is 11.6 Å². The minimum atomic E-state index is -3.89. The number of halogens is 1. The van der Waals surface area contributed by atoms with Crippen LogP contribution in [0.2, 0.25) is 5.02 Å². The van der Waals surface area contributed by atoms with Crippen molar-refractivity contribution in [1.82, 2.24) is 10.2 Å². The first-order valence-electron chi connectivity index (χ1n) is 13.9.